The number of benzene rings is 2. The molecule has 20 heavy (non-hydrogen) atoms. The van der Waals surface area contributed by atoms with Crippen LogP contribution in [0, 0.1) is 11.3 Å². The maximum atomic E-state index is 9.33. The monoisotopic (exact) mass is 282 g/mol. The minimum absolute atomic E-state index is 0.259. The third kappa shape index (κ3) is 1.87. The number of likely N-dealkylation sites (N-methyl/N-ethyl adjacent to an activating group) is 1. The Bertz CT molecular complexity index is 672. The lowest BCUT2D eigenvalue weighted by Gasteiger charge is -2.28. The second-order valence-electron chi connectivity index (χ2n) is 5.30. The van der Waals surface area contributed by atoms with Crippen molar-refractivity contribution in [3.05, 3.63) is 64.7 Å². The Labute approximate surface area is 124 Å². The molecule has 3 rings (SSSR count). The number of halogens is 1. The van der Waals surface area contributed by atoms with Gasteiger partial charge in [-0.3, -0.25) is 0 Å². The largest absolute Gasteiger partial charge is 0.373 e. The fourth-order valence-electron chi connectivity index (χ4n) is 3.19. The van der Waals surface area contributed by atoms with E-state index in [1.807, 2.05) is 36.4 Å². The molecule has 1 heterocycles. The summed E-state index contributed by atoms with van der Waals surface area (Å²) in [4.78, 5) is 2.22. The van der Waals surface area contributed by atoms with Crippen LogP contribution in [0.2, 0.25) is 5.02 Å². The zero-order valence-electron chi connectivity index (χ0n) is 11.3. The van der Waals surface area contributed by atoms with Gasteiger partial charge < -0.3 is 4.90 Å². The van der Waals surface area contributed by atoms with Crippen molar-refractivity contribution in [2.75, 3.05) is 18.5 Å². The molecule has 0 saturated heterocycles. The summed E-state index contributed by atoms with van der Waals surface area (Å²) >= 11 is 5.99. The molecule has 0 spiro atoms. The molecule has 2 aromatic rings. The number of hydrogen-bond donors (Lipinski definition) is 0. The Balaban J connectivity index is 2.20. The van der Waals surface area contributed by atoms with Crippen molar-refractivity contribution in [3.63, 3.8) is 0 Å². The highest BCUT2D eigenvalue weighted by Gasteiger charge is 2.42. The Kier molecular flexibility index (Phi) is 3.16. The van der Waals surface area contributed by atoms with Crippen molar-refractivity contribution >= 4 is 17.3 Å². The van der Waals surface area contributed by atoms with E-state index in [1.54, 1.807) is 0 Å². The lowest BCUT2D eigenvalue weighted by molar-refractivity contribution is 0.561. The Hall–Kier alpha value is -1.98. The van der Waals surface area contributed by atoms with Crippen LogP contribution in [-0.2, 0) is 5.41 Å². The van der Waals surface area contributed by atoms with Gasteiger partial charge in [0.05, 0.1) is 17.9 Å². The summed E-state index contributed by atoms with van der Waals surface area (Å²) in [5.41, 5.74) is 3.33. The number of hydrogen-bond acceptors (Lipinski definition) is 2. The number of anilines is 1. The van der Waals surface area contributed by atoms with E-state index in [4.69, 9.17) is 11.6 Å². The van der Waals surface area contributed by atoms with E-state index in [2.05, 4.69) is 30.1 Å². The van der Waals surface area contributed by atoms with E-state index >= 15 is 0 Å². The van der Waals surface area contributed by atoms with Crippen LogP contribution in [0.5, 0.6) is 0 Å². The first-order valence-corrected chi connectivity index (χ1v) is 6.99. The van der Waals surface area contributed by atoms with Crippen LogP contribution in [-0.4, -0.2) is 13.6 Å². The summed E-state index contributed by atoms with van der Waals surface area (Å²) in [6.07, 6.45) is 0.468. The molecule has 100 valence electrons. The second kappa shape index (κ2) is 4.85. The topological polar surface area (TPSA) is 27.0 Å². The van der Waals surface area contributed by atoms with Crippen molar-refractivity contribution in [1.82, 2.24) is 0 Å². The van der Waals surface area contributed by atoms with E-state index in [-0.39, 0.29) is 5.41 Å². The molecule has 0 radical (unpaired) electrons. The molecule has 2 nitrogen and oxygen atoms in total. The summed E-state index contributed by atoms with van der Waals surface area (Å²) in [5.74, 6) is 0. The molecule has 0 unspecified atom stereocenters. The average molecular weight is 283 g/mol. The smallest absolute Gasteiger partial charge is 0.0635 e. The zero-order chi connectivity index (χ0) is 14.2. The number of nitrogens with zero attached hydrogens (tertiary/aromatic N) is 2. The van der Waals surface area contributed by atoms with Crippen molar-refractivity contribution in [2.45, 2.75) is 11.8 Å². The fraction of sp³-hybridized carbons (Fsp3) is 0.235. The predicted octanol–water partition coefficient (Wildman–Crippen LogP) is 3.99. The maximum Gasteiger partial charge on any atom is 0.0635 e. The highest BCUT2D eigenvalue weighted by molar-refractivity contribution is 6.30. The van der Waals surface area contributed by atoms with Crippen molar-refractivity contribution in [3.8, 4) is 6.07 Å². The summed E-state index contributed by atoms with van der Waals surface area (Å²) in [6.45, 7) is 0.821. The summed E-state index contributed by atoms with van der Waals surface area (Å²) < 4.78 is 0. The van der Waals surface area contributed by atoms with E-state index in [0.717, 1.165) is 17.1 Å². The van der Waals surface area contributed by atoms with E-state index < -0.39 is 0 Å². The van der Waals surface area contributed by atoms with Gasteiger partial charge in [0, 0.05) is 24.3 Å². The maximum absolute atomic E-state index is 9.33. The normalized spacial score (nSPS) is 20.6. The van der Waals surface area contributed by atoms with Crippen LogP contribution >= 0.6 is 11.6 Å². The first-order valence-electron chi connectivity index (χ1n) is 6.61. The number of para-hydroxylation sites is 1. The molecule has 1 aliphatic rings. The van der Waals surface area contributed by atoms with Crippen molar-refractivity contribution in [2.24, 2.45) is 0 Å². The van der Waals surface area contributed by atoms with Gasteiger partial charge >= 0.3 is 0 Å². The van der Waals surface area contributed by atoms with Gasteiger partial charge in [0.15, 0.2) is 0 Å². The minimum atomic E-state index is -0.259. The van der Waals surface area contributed by atoms with Gasteiger partial charge in [0.2, 0.25) is 0 Å². The van der Waals surface area contributed by atoms with Gasteiger partial charge in [-0.15, -0.1) is 0 Å². The van der Waals surface area contributed by atoms with E-state index in [1.165, 1.54) is 11.3 Å². The molecule has 0 saturated carbocycles. The first-order chi connectivity index (χ1) is 9.67. The van der Waals surface area contributed by atoms with Gasteiger partial charge in [-0.2, -0.15) is 5.26 Å². The summed E-state index contributed by atoms with van der Waals surface area (Å²) in [7, 11) is 2.08. The number of rotatable bonds is 2. The third-order valence-electron chi connectivity index (χ3n) is 4.12. The van der Waals surface area contributed by atoms with Crippen molar-refractivity contribution in [1.29, 1.82) is 5.26 Å². The molecular weight excluding hydrogens is 268 g/mol. The standard InChI is InChI=1S/C17H15ClN2/c1-20-12-17(10-11-19,13-6-8-14(18)9-7-13)15-4-2-3-5-16(15)20/h2-9H,10,12H2,1H3/t17-/m0/s1. The van der Waals surface area contributed by atoms with E-state index in [0.29, 0.717) is 6.42 Å². The van der Waals surface area contributed by atoms with Crippen LogP contribution in [0.3, 0.4) is 0 Å². The minimum Gasteiger partial charge on any atom is -0.373 e. The lowest BCUT2D eigenvalue weighted by atomic mass is 9.74. The molecule has 0 amide bonds. The van der Waals surface area contributed by atoms with Crippen LogP contribution < -0.4 is 4.90 Å². The molecule has 1 aliphatic heterocycles. The molecule has 3 heteroatoms. The SMILES string of the molecule is CN1C[C@@](CC#N)(c2ccc(Cl)cc2)c2ccccc21. The Morgan fingerprint density at radius 2 is 1.90 bits per heavy atom. The van der Waals surface area contributed by atoms with Crippen molar-refractivity contribution < 1.29 is 0 Å². The summed E-state index contributed by atoms with van der Waals surface area (Å²) in [5, 5.41) is 10.0. The van der Waals surface area contributed by atoms with Crippen LogP contribution in [0.4, 0.5) is 5.69 Å². The molecule has 0 N–H and O–H groups in total. The third-order valence-corrected chi connectivity index (χ3v) is 4.37. The van der Waals surface area contributed by atoms with Crippen LogP contribution in [0.1, 0.15) is 17.5 Å². The second-order valence-corrected chi connectivity index (χ2v) is 5.73. The molecule has 0 aliphatic carbocycles. The Morgan fingerprint density at radius 3 is 2.60 bits per heavy atom. The average Bonchev–Trinajstić information content (AvgIpc) is 2.75. The van der Waals surface area contributed by atoms with Gasteiger partial charge in [0.1, 0.15) is 0 Å². The van der Waals surface area contributed by atoms with E-state index in [9.17, 15) is 5.26 Å². The zero-order valence-corrected chi connectivity index (χ0v) is 12.1. The highest BCUT2D eigenvalue weighted by atomic mass is 35.5. The predicted molar refractivity (Wildman–Crippen MR) is 82.2 cm³/mol. The van der Waals surface area contributed by atoms with Gasteiger partial charge in [-0.25, -0.2) is 0 Å². The molecular formula is C17H15ClN2. The number of fused-ring (bicyclic) bond motifs is 1. The number of nitriles is 1. The molecule has 1 atom stereocenters. The van der Waals surface area contributed by atoms with Crippen LogP contribution in [0.25, 0.3) is 0 Å². The fourth-order valence-corrected chi connectivity index (χ4v) is 3.32. The molecule has 0 fully saturated rings. The lowest BCUT2D eigenvalue weighted by Crippen LogP contribution is -2.32. The van der Waals surface area contributed by atoms with Gasteiger partial charge in [-0.05, 0) is 29.3 Å². The molecule has 0 aromatic heterocycles. The summed E-state index contributed by atoms with van der Waals surface area (Å²) in [6, 6.07) is 18.6. The Morgan fingerprint density at radius 1 is 1.20 bits per heavy atom. The highest BCUT2D eigenvalue weighted by Crippen LogP contribution is 2.46. The van der Waals surface area contributed by atoms with Gasteiger partial charge in [0.25, 0.3) is 0 Å². The van der Waals surface area contributed by atoms with Crippen LogP contribution in [0.15, 0.2) is 48.5 Å². The quantitative estimate of drug-likeness (QED) is 0.833. The van der Waals surface area contributed by atoms with Gasteiger partial charge in [-0.1, -0.05) is 41.9 Å². The molecule has 2 aromatic carbocycles. The first kappa shape index (κ1) is 13.0. The molecule has 0 bridgehead atoms.